The number of hydrogen-bond acceptors (Lipinski definition) is 4. The molecule has 1 saturated heterocycles. The zero-order valence-corrected chi connectivity index (χ0v) is 19.4. The second-order valence-corrected chi connectivity index (χ2v) is 9.14. The Bertz CT molecular complexity index is 1280. The van der Waals surface area contributed by atoms with Crippen LogP contribution in [-0.4, -0.2) is 17.1 Å². The van der Waals surface area contributed by atoms with Crippen molar-refractivity contribution in [3.63, 3.8) is 0 Å². The van der Waals surface area contributed by atoms with Crippen molar-refractivity contribution in [2.75, 3.05) is 10.2 Å². The quantitative estimate of drug-likeness (QED) is 0.380. The number of rotatable bonds is 5. The van der Waals surface area contributed by atoms with Gasteiger partial charge in [0, 0.05) is 10.7 Å². The van der Waals surface area contributed by atoms with Crippen molar-refractivity contribution in [1.29, 1.82) is 5.26 Å². The molecule has 7 heteroatoms. The van der Waals surface area contributed by atoms with Crippen molar-refractivity contribution in [2.45, 2.75) is 18.6 Å². The zero-order valence-electron chi connectivity index (χ0n) is 17.8. The van der Waals surface area contributed by atoms with Gasteiger partial charge >= 0.3 is 0 Å². The van der Waals surface area contributed by atoms with Gasteiger partial charge in [0.15, 0.2) is 0 Å². The first kappa shape index (κ1) is 22.7. The maximum Gasteiger partial charge on any atom is 0.269 e. The molecule has 1 fully saturated rings. The van der Waals surface area contributed by atoms with Crippen LogP contribution in [0.25, 0.3) is 0 Å². The van der Waals surface area contributed by atoms with Gasteiger partial charge < -0.3 is 5.32 Å². The molecule has 4 rings (SSSR count). The van der Waals surface area contributed by atoms with Gasteiger partial charge in [-0.2, -0.15) is 5.26 Å². The molecule has 1 heterocycles. The fourth-order valence-electron chi connectivity index (χ4n) is 3.61. The van der Waals surface area contributed by atoms with Crippen molar-refractivity contribution >= 4 is 46.6 Å². The molecule has 0 spiro atoms. The highest BCUT2D eigenvalue weighted by Crippen LogP contribution is 2.43. The molecule has 1 aliphatic heterocycles. The Morgan fingerprint density at radius 1 is 1.09 bits per heavy atom. The molecule has 5 nitrogen and oxygen atoms in total. The first-order valence-corrected chi connectivity index (χ1v) is 11.5. The number of hydrogen-bond donors (Lipinski definition) is 1. The van der Waals surface area contributed by atoms with Crippen LogP contribution in [-0.2, 0) is 16.0 Å². The number of carbonyl (C=O) groups is 2. The van der Waals surface area contributed by atoms with E-state index < -0.39 is 11.2 Å². The van der Waals surface area contributed by atoms with E-state index in [-0.39, 0.29) is 11.5 Å². The summed E-state index contributed by atoms with van der Waals surface area (Å²) in [5.41, 5.74) is 2.90. The summed E-state index contributed by atoms with van der Waals surface area (Å²) in [6.45, 7) is 1.89. The molecular formula is C26H20ClN3O2S. The first-order valence-electron chi connectivity index (χ1n) is 10.3. The SMILES string of the molecule is Cc1ccccc1N1C(=O)C(Cc2cccc(Cl)c2)S/C1=C(/C#N)C(=O)Nc1ccccc1. The van der Waals surface area contributed by atoms with Crippen molar-refractivity contribution in [2.24, 2.45) is 0 Å². The summed E-state index contributed by atoms with van der Waals surface area (Å²) in [6.07, 6.45) is 0.426. The van der Waals surface area contributed by atoms with Crippen LogP contribution in [0.5, 0.6) is 0 Å². The van der Waals surface area contributed by atoms with E-state index in [0.717, 1.165) is 11.1 Å². The average Bonchev–Trinajstić information content (AvgIpc) is 3.11. The highest BCUT2D eigenvalue weighted by molar-refractivity contribution is 8.05. The van der Waals surface area contributed by atoms with E-state index in [1.54, 1.807) is 30.3 Å². The lowest BCUT2D eigenvalue weighted by Gasteiger charge is -2.20. The maximum atomic E-state index is 13.6. The average molecular weight is 474 g/mol. The minimum atomic E-state index is -0.555. The smallest absolute Gasteiger partial charge is 0.269 e. The van der Waals surface area contributed by atoms with E-state index in [0.29, 0.717) is 27.8 Å². The molecular weight excluding hydrogens is 454 g/mol. The number of aryl methyl sites for hydroxylation is 1. The van der Waals surface area contributed by atoms with E-state index in [2.05, 4.69) is 5.32 Å². The van der Waals surface area contributed by atoms with Crippen molar-refractivity contribution in [3.05, 3.63) is 106 Å². The topological polar surface area (TPSA) is 73.2 Å². The molecule has 0 radical (unpaired) electrons. The highest BCUT2D eigenvalue weighted by atomic mass is 35.5. The predicted molar refractivity (Wildman–Crippen MR) is 133 cm³/mol. The van der Waals surface area contributed by atoms with Crippen LogP contribution in [0.1, 0.15) is 11.1 Å². The molecule has 1 atom stereocenters. The summed E-state index contributed by atoms with van der Waals surface area (Å²) in [6, 6.07) is 25.7. The molecule has 0 aliphatic carbocycles. The normalized spacial score (nSPS) is 16.9. The maximum absolute atomic E-state index is 13.6. The van der Waals surface area contributed by atoms with Gasteiger partial charge in [-0.25, -0.2) is 0 Å². The van der Waals surface area contributed by atoms with Gasteiger partial charge in [-0.1, -0.05) is 71.9 Å². The largest absolute Gasteiger partial charge is 0.321 e. The van der Waals surface area contributed by atoms with E-state index in [1.165, 1.54) is 16.7 Å². The fraction of sp³-hybridized carbons (Fsp3) is 0.115. The Labute approximate surface area is 201 Å². The van der Waals surface area contributed by atoms with E-state index in [9.17, 15) is 14.9 Å². The Morgan fingerprint density at radius 3 is 2.52 bits per heavy atom. The number of halogens is 1. The van der Waals surface area contributed by atoms with Crippen LogP contribution >= 0.6 is 23.4 Å². The number of anilines is 2. The van der Waals surface area contributed by atoms with E-state index in [1.807, 2.05) is 61.5 Å². The molecule has 3 aromatic carbocycles. The standard InChI is InChI=1S/C26H20ClN3O2S/c1-17-8-5-6-13-22(17)30-25(32)23(15-18-9-7-10-19(27)14-18)33-26(30)21(16-28)24(31)29-20-11-3-2-4-12-20/h2-14,23H,15H2,1H3,(H,29,31)/b26-21-. The number of nitrogens with one attached hydrogen (secondary N) is 1. The van der Waals surface area contributed by atoms with Crippen LogP contribution in [0.15, 0.2) is 89.5 Å². The number of amides is 2. The molecule has 0 saturated carbocycles. The van der Waals surface area contributed by atoms with Crippen LogP contribution in [0.2, 0.25) is 5.02 Å². The number of thioether (sulfide) groups is 1. The molecule has 164 valence electrons. The summed E-state index contributed by atoms with van der Waals surface area (Å²) in [5.74, 6) is -0.731. The van der Waals surface area contributed by atoms with Crippen LogP contribution in [0, 0.1) is 18.3 Å². The summed E-state index contributed by atoms with van der Waals surface area (Å²) in [5, 5.41) is 13.1. The Kier molecular flexibility index (Phi) is 6.83. The second-order valence-electron chi connectivity index (χ2n) is 7.51. The summed E-state index contributed by atoms with van der Waals surface area (Å²) in [4.78, 5) is 28.1. The number of nitrogens with zero attached hydrogens (tertiary/aromatic N) is 2. The highest BCUT2D eigenvalue weighted by Gasteiger charge is 2.41. The van der Waals surface area contributed by atoms with Gasteiger partial charge in [-0.3, -0.25) is 14.5 Å². The molecule has 0 bridgehead atoms. The van der Waals surface area contributed by atoms with Gasteiger partial charge in [0.2, 0.25) is 5.91 Å². The second kappa shape index (κ2) is 9.95. The van der Waals surface area contributed by atoms with Crippen LogP contribution in [0.4, 0.5) is 11.4 Å². The van der Waals surface area contributed by atoms with Crippen molar-refractivity contribution in [3.8, 4) is 6.07 Å². The molecule has 0 aromatic heterocycles. The number of nitriles is 1. The summed E-state index contributed by atoms with van der Waals surface area (Å²) < 4.78 is 0. The molecule has 3 aromatic rings. The minimum absolute atomic E-state index is 0.103. The first-order chi connectivity index (χ1) is 16.0. The molecule has 1 N–H and O–H groups in total. The number of para-hydroxylation sites is 2. The van der Waals surface area contributed by atoms with E-state index in [4.69, 9.17) is 11.6 Å². The zero-order chi connectivity index (χ0) is 23.4. The van der Waals surface area contributed by atoms with Crippen molar-refractivity contribution in [1.82, 2.24) is 0 Å². The van der Waals surface area contributed by atoms with Crippen LogP contribution in [0.3, 0.4) is 0 Å². The molecule has 33 heavy (non-hydrogen) atoms. The third kappa shape index (κ3) is 4.95. The molecule has 1 aliphatic rings. The van der Waals surface area contributed by atoms with Gasteiger partial charge in [0.1, 0.15) is 16.7 Å². The lowest BCUT2D eigenvalue weighted by atomic mass is 10.1. The minimum Gasteiger partial charge on any atom is -0.321 e. The lowest BCUT2D eigenvalue weighted by Crippen LogP contribution is -2.31. The Hall–Kier alpha value is -3.53. The lowest BCUT2D eigenvalue weighted by molar-refractivity contribution is -0.117. The third-order valence-corrected chi connectivity index (χ3v) is 6.70. The summed E-state index contributed by atoms with van der Waals surface area (Å²) >= 11 is 7.36. The number of carbonyl (C=O) groups excluding carboxylic acids is 2. The van der Waals surface area contributed by atoms with Crippen molar-refractivity contribution < 1.29 is 9.59 Å². The Balaban J connectivity index is 1.75. The summed E-state index contributed by atoms with van der Waals surface area (Å²) in [7, 11) is 0. The van der Waals surface area contributed by atoms with Gasteiger partial charge in [0.05, 0.1) is 10.9 Å². The van der Waals surface area contributed by atoms with Gasteiger partial charge in [-0.05, 0) is 54.8 Å². The fourth-order valence-corrected chi connectivity index (χ4v) is 5.13. The molecule has 1 unspecified atom stereocenters. The predicted octanol–water partition coefficient (Wildman–Crippen LogP) is 5.71. The third-order valence-electron chi connectivity index (χ3n) is 5.20. The Morgan fingerprint density at radius 2 is 1.82 bits per heavy atom. The molecule has 2 amide bonds. The van der Waals surface area contributed by atoms with Gasteiger partial charge in [0.25, 0.3) is 5.91 Å². The monoisotopic (exact) mass is 473 g/mol. The van der Waals surface area contributed by atoms with Crippen LogP contribution < -0.4 is 10.2 Å². The van der Waals surface area contributed by atoms with E-state index >= 15 is 0 Å². The number of benzene rings is 3. The van der Waals surface area contributed by atoms with Gasteiger partial charge in [-0.15, -0.1) is 0 Å².